The van der Waals surface area contributed by atoms with Crippen molar-refractivity contribution in [2.24, 2.45) is 0 Å². The lowest BCUT2D eigenvalue weighted by Gasteiger charge is -2.15. The molecular weight excluding hydrogens is 230 g/mol. The molecule has 0 spiro atoms. The molecule has 82 valence electrons. The number of carbonyl (C=O) groups is 1. The summed E-state index contributed by atoms with van der Waals surface area (Å²) in [5.74, 6) is -6.48. The molecular formula is C9H7ClF2O3. The van der Waals surface area contributed by atoms with Crippen LogP contribution in [0.2, 0.25) is 5.02 Å². The van der Waals surface area contributed by atoms with Crippen molar-refractivity contribution >= 4 is 17.6 Å². The van der Waals surface area contributed by atoms with Crippen molar-refractivity contribution in [3.8, 4) is 5.75 Å². The number of alkyl halides is 2. The van der Waals surface area contributed by atoms with Crippen LogP contribution >= 0.6 is 11.6 Å². The Balaban J connectivity index is 3.34. The van der Waals surface area contributed by atoms with E-state index in [-0.39, 0.29) is 10.8 Å². The second-order valence-corrected chi connectivity index (χ2v) is 3.16. The van der Waals surface area contributed by atoms with Crippen molar-refractivity contribution in [1.82, 2.24) is 0 Å². The molecule has 0 aliphatic carbocycles. The lowest BCUT2D eigenvalue weighted by atomic mass is 10.1. The van der Waals surface area contributed by atoms with Crippen LogP contribution in [0.5, 0.6) is 5.75 Å². The first-order valence-corrected chi connectivity index (χ1v) is 4.22. The number of carboxylic acid groups (broad SMARTS) is 1. The molecule has 1 aromatic carbocycles. The third-order valence-corrected chi connectivity index (χ3v) is 2.00. The molecule has 1 aromatic rings. The molecule has 0 heterocycles. The smallest absolute Gasteiger partial charge is 0.379 e. The number of methoxy groups -OCH3 is 1. The summed E-state index contributed by atoms with van der Waals surface area (Å²) in [4.78, 5) is 10.4. The third-order valence-electron chi connectivity index (χ3n) is 1.77. The summed E-state index contributed by atoms with van der Waals surface area (Å²) in [5.41, 5.74) is -0.759. The lowest BCUT2D eigenvalue weighted by Crippen LogP contribution is -2.25. The molecule has 0 bridgehead atoms. The Bertz CT molecular complexity index is 393. The van der Waals surface area contributed by atoms with E-state index >= 15 is 0 Å². The van der Waals surface area contributed by atoms with E-state index in [1.807, 2.05) is 0 Å². The van der Waals surface area contributed by atoms with Crippen LogP contribution in [0.15, 0.2) is 18.2 Å². The zero-order chi connectivity index (χ0) is 11.6. The number of aliphatic carboxylic acids is 1. The number of halogens is 3. The van der Waals surface area contributed by atoms with Gasteiger partial charge in [0.1, 0.15) is 5.75 Å². The largest absolute Gasteiger partial charge is 0.496 e. The van der Waals surface area contributed by atoms with Gasteiger partial charge in [-0.3, -0.25) is 0 Å². The molecule has 6 heteroatoms. The maximum atomic E-state index is 13.2. The topological polar surface area (TPSA) is 46.5 Å². The summed E-state index contributed by atoms with van der Waals surface area (Å²) >= 11 is 5.50. The van der Waals surface area contributed by atoms with Crippen LogP contribution < -0.4 is 4.74 Å². The maximum absolute atomic E-state index is 13.2. The van der Waals surface area contributed by atoms with Crippen molar-refractivity contribution in [3.63, 3.8) is 0 Å². The first-order chi connectivity index (χ1) is 6.89. The van der Waals surface area contributed by atoms with Gasteiger partial charge in [0, 0.05) is 5.02 Å². The zero-order valence-corrected chi connectivity index (χ0v) is 8.39. The molecule has 15 heavy (non-hydrogen) atoms. The number of hydrogen-bond acceptors (Lipinski definition) is 2. The number of ether oxygens (including phenoxy) is 1. The van der Waals surface area contributed by atoms with Crippen LogP contribution in [-0.4, -0.2) is 18.2 Å². The molecule has 0 aromatic heterocycles. The summed E-state index contributed by atoms with van der Waals surface area (Å²) in [6, 6.07) is 3.39. The second kappa shape index (κ2) is 4.02. The Morgan fingerprint density at radius 3 is 2.60 bits per heavy atom. The van der Waals surface area contributed by atoms with E-state index in [0.29, 0.717) is 0 Å². The Morgan fingerprint density at radius 2 is 2.13 bits per heavy atom. The minimum atomic E-state index is -4.02. The van der Waals surface area contributed by atoms with Crippen LogP contribution in [0, 0.1) is 0 Å². The molecule has 0 atom stereocenters. The average molecular weight is 237 g/mol. The molecule has 0 unspecified atom stereocenters. The van der Waals surface area contributed by atoms with Gasteiger partial charge in [-0.25, -0.2) is 4.79 Å². The summed E-state index contributed by atoms with van der Waals surface area (Å²) < 4.78 is 31.0. The van der Waals surface area contributed by atoms with Crippen LogP contribution in [0.1, 0.15) is 5.56 Å². The van der Waals surface area contributed by atoms with Gasteiger partial charge in [0.25, 0.3) is 0 Å². The molecule has 0 aliphatic rings. The van der Waals surface area contributed by atoms with Crippen molar-refractivity contribution in [1.29, 1.82) is 0 Å². The van der Waals surface area contributed by atoms with Gasteiger partial charge in [-0.2, -0.15) is 8.78 Å². The molecule has 0 fully saturated rings. The van der Waals surface area contributed by atoms with Crippen LogP contribution in [-0.2, 0) is 10.7 Å². The molecule has 0 amide bonds. The monoisotopic (exact) mass is 236 g/mol. The Morgan fingerprint density at radius 1 is 1.53 bits per heavy atom. The van der Waals surface area contributed by atoms with Crippen molar-refractivity contribution < 1.29 is 23.4 Å². The van der Waals surface area contributed by atoms with E-state index in [9.17, 15) is 13.6 Å². The maximum Gasteiger partial charge on any atom is 0.379 e. The van der Waals surface area contributed by atoms with Gasteiger partial charge in [0.15, 0.2) is 0 Å². The number of carboxylic acids is 1. The van der Waals surface area contributed by atoms with Crippen LogP contribution in [0.25, 0.3) is 0 Å². The quantitative estimate of drug-likeness (QED) is 0.877. The molecule has 0 aliphatic heterocycles. The van der Waals surface area contributed by atoms with Gasteiger partial charge in [0.2, 0.25) is 0 Å². The summed E-state index contributed by atoms with van der Waals surface area (Å²) in [6.45, 7) is 0. The molecule has 0 saturated carbocycles. The zero-order valence-electron chi connectivity index (χ0n) is 7.63. The van der Waals surface area contributed by atoms with E-state index in [1.54, 1.807) is 0 Å². The van der Waals surface area contributed by atoms with Gasteiger partial charge in [-0.1, -0.05) is 11.6 Å². The third kappa shape index (κ3) is 2.18. The summed E-state index contributed by atoms with van der Waals surface area (Å²) in [5, 5.41) is 8.38. The minimum absolute atomic E-state index is 0.0201. The normalized spacial score (nSPS) is 11.2. The predicted molar refractivity (Wildman–Crippen MR) is 49.5 cm³/mol. The lowest BCUT2D eigenvalue weighted by molar-refractivity contribution is -0.166. The standard InChI is InChI=1S/C9H7ClF2O3/c1-15-7-3-2-5(10)4-6(7)9(11,12)8(13)14/h2-4H,1H3,(H,13,14). The van der Waals surface area contributed by atoms with Crippen molar-refractivity contribution in [2.75, 3.05) is 7.11 Å². The van der Waals surface area contributed by atoms with Gasteiger partial charge in [0.05, 0.1) is 12.7 Å². The van der Waals surface area contributed by atoms with E-state index in [0.717, 1.165) is 6.07 Å². The molecule has 0 saturated heterocycles. The van der Waals surface area contributed by atoms with Gasteiger partial charge >= 0.3 is 11.9 Å². The molecule has 1 rings (SSSR count). The van der Waals surface area contributed by atoms with Crippen molar-refractivity contribution in [2.45, 2.75) is 5.92 Å². The van der Waals surface area contributed by atoms with E-state index in [1.165, 1.54) is 19.2 Å². The van der Waals surface area contributed by atoms with Gasteiger partial charge in [-0.05, 0) is 18.2 Å². The van der Waals surface area contributed by atoms with Crippen LogP contribution in [0.4, 0.5) is 8.78 Å². The first kappa shape index (κ1) is 11.7. The fourth-order valence-corrected chi connectivity index (χ4v) is 1.21. The number of hydrogen-bond donors (Lipinski definition) is 1. The fraction of sp³-hybridized carbons (Fsp3) is 0.222. The molecule has 0 radical (unpaired) electrons. The Labute approximate surface area is 89.2 Å². The molecule has 1 N–H and O–H groups in total. The van der Waals surface area contributed by atoms with E-state index < -0.39 is 17.5 Å². The number of benzene rings is 1. The van der Waals surface area contributed by atoms with Gasteiger partial charge in [-0.15, -0.1) is 0 Å². The SMILES string of the molecule is COc1ccc(Cl)cc1C(F)(F)C(=O)O. The highest BCUT2D eigenvalue weighted by Gasteiger charge is 2.43. The second-order valence-electron chi connectivity index (χ2n) is 2.72. The van der Waals surface area contributed by atoms with Crippen molar-refractivity contribution in [3.05, 3.63) is 28.8 Å². The fourth-order valence-electron chi connectivity index (χ4n) is 1.04. The summed E-state index contributed by atoms with van der Waals surface area (Å²) in [7, 11) is 1.17. The van der Waals surface area contributed by atoms with E-state index in [4.69, 9.17) is 16.7 Å². The first-order valence-electron chi connectivity index (χ1n) is 3.85. The Hall–Kier alpha value is -1.36. The highest BCUT2D eigenvalue weighted by atomic mass is 35.5. The van der Waals surface area contributed by atoms with Gasteiger partial charge < -0.3 is 9.84 Å². The predicted octanol–water partition coefficient (Wildman–Crippen LogP) is 2.53. The number of rotatable bonds is 3. The highest BCUT2D eigenvalue weighted by Crippen LogP contribution is 2.36. The molecule has 3 nitrogen and oxygen atoms in total. The minimum Gasteiger partial charge on any atom is -0.496 e. The average Bonchev–Trinajstić information content (AvgIpc) is 2.17. The van der Waals surface area contributed by atoms with E-state index in [2.05, 4.69) is 4.74 Å². The summed E-state index contributed by atoms with van der Waals surface area (Å²) in [6.07, 6.45) is 0. The van der Waals surface area contributed by atoms with Crippen LogP contribution in [0.3, 0.4) is 0 Å². The highest BCUT2D eigenvalue weighted by molar-refractivity contribution is 6.30. The Kier molecular flexibility index (Phi) is 3.14.